The molecular weight excluding hydrogens is 392 g/mol. The normalized spacial score (nSPS) is 24.4. The Morgan fingerprint density at radius 2 is 1.87 bits per heavy atom. The van der Waals surface area contributed by atoms with Crippen LogP contribution in [-0.4, -0.2) is 37.0 Å². The number of para-hydroxylation sites is 2. The fourth-order valence-corrected chi connectivity index (χ4v) is 5.23. The molecule has 1 spiro atoms. The van der Waals surface area contributed by atoms with Gasteiger partial charge in [-0.25, -0.2) is 9.80 Å². The van der Waals surface area contributed by atoms with Gasteiger partial charge in [-0.1, -0.05) is 29.8 Å². The lowest BCUT2D eigenvalue weighted by Gasteiger charge is -2.43. The number of benzene rings is 2. The van der Waals surface area contributed by atoms with Gasteiger partial charge >= 0.3 is 5.97 Å². The molecule has 1 fully saturated rings. The highest BCUT2D eigenvalue weighted by Crippen LogP contribution is 2.54. The summed E-state index contributed by atoms with van der Waals surface area (Å²) in [6, 6.07) is 15.8. The van der Waals surface area contributed by atoms with Crippen LogP contribution in [0.2, 0.25) is 0 Å². The highest BCUT2D eigenvalue weighted by Gasteiger charge is 2.63. The van der Waals surface area contributed by atoms with E-state index in [1.165, 1.54) is 0 Å². The second-order valence-electron chi connectivity index (χ2n) is 8.34. The largest absolute Gasteiger partial charge is 0.460 e. The molecule has 0 unspecified atom stereocenters. The Balaban J connectivity index is 1.78. The van der Waals surface area contributed by atoms with Crippen molar-refractivity contribution in [2.24, 2.45) is 11.0 Å². The SMILES string of the molecule is CCOC(=O)C1=NN(c2ccc(C)cc2)[C@]23CCC[C@H]2C(=O)N(C)c2ccccc2N13. The Bertz CT molecular complexity index is 1080. The second-order valence-corrected chi connectivity index (χ2v) is 8.34. The first-order chi connectivity index (χ1) is 15.0. The molecule has 5 rings (SSSR count). The third kappa shape index (κ3) is 2.69. The van der Waals surface area contributed by atoms with Crippen LogP contribution in [0, 0.1) is 12.8 Å². The summed E-state index contributed by atoms with van der Waals surface area (Å²) < 4.78 is 5.40. The first-order valence-electron chi connectivity index (χ1n) is 10.8. The van der Waals surface area contributed by atoms with Gasteiger partial charge in [0.2, 0.25) is 11.7 Å². The topological polar surface area (TPSA) is 65.5 Å². The second kappa shape index (κ2) is 7.11. The molecule has 2 aromatic rings. The van der Waals surface area contributed by atoms with E-state index < -0.39 is 11.6 Å². The van der Waals surface area contributed by atoms with E-state index in [4.69, 9.17) is 9.84 Å². The van der Waals surface area contributed by atoms with E-state index in [-0.39, 0.29) is 24.3 Å². The first kappa shape index (κ1) is 19.6. The summed E-state index contributed by atoms with van der Waals surface area (Å²) in [4.78, 5) is 30.4. The summed E-state index contributed by atoms with van der Waals surface area (Å²) in [5.41, 5.74) is 2.77. The minimum absolute atomic E-state index is 0.0462. The van der Waals surface area contributed by atoms with Crippen LogP contribution < -0.4 is 14.8 Å². The van der Waals surface area contributed by atoms with E-state index in [9.17, 15) is 9.59 Å². The third-order valence-electron chi connectivity index (χ3n) is 6.61. The van der Waals surface area contributed by atoms with Gasteiger partial charge in [0.05, 0.1) is 29.6 Å². The van der Waals surface area contributed by atoms with Crippen molar-refractivity contribution in [3.8, 4) is 0 Å². The van der Waals surface area contributed by atoms with Gasteiger partial charge in [0.1, 0.15) is 0 Å². The van der Waals surface area contributed by atoms with E-state index in [1.54, 1.807) is 11.8 Å². The summed E-state index contributed by atoms with van der Waals surface area (Å²) >= 11 is 0. The van der Waals surface area contributed by atoms with Crippen molar-refractivity contribution >= 4 is 34.8 Å². The molecule has 1 aliphatic carbocycles. The molecular formula is C24H26N4O3. The molecule has 0 aromatic heterocycles. The number of ether oxygens (including phenoxy) is 1. The zero-order valence-electron chi connectivity index (χ0n) is 18.0. The van der Waals surface area contributed by atoms with Crippen LogP contribution in [0.25, 0.3) is 0 Å². The predicted molar refractivity (Wildman–Crippen MR) is 120 cm³/mol. The first-order valence-corrected chi connectivity index (χ1v) is 10.8. The van der Waals surface area contributed by atoms with Crippen molar-refractivity contribution < 1.29 is 14.3 Å². The van der Waals surface area contributed by atoms with E-state index in [2.05, 4.69) is 0 Å². The molecule has 7 nitrogen and oxygen atoms in total. The summed E-state index contributed by atoms with van der Waals surface area (Å²) in [6.07, 6.45) is 2.32. The van der Waals surface area contributed by atoms with Crippen molar-refractivity contribution in [3.63, 3.8) is 0 Å². The summed E-state index contributed by atoms with van der Waals surface area (Å²) in [7, 11) is 1.81. The van der Waals surface area contributed by atoms with Crippen LogP contribution in [0.3, 0.4) is 0 Å². The maximum Gasteiger partial charge on any atom is 0.376 e. The molecule has 3 aliphatic rings. The van der Waals surface area contributed by atoms with Crippen LogP contribution in [-0.2, 0) is 14.3 Å². The number of rotatable bonds is 3. The summed E-state index contributed by atoms with van der Waals surface area (Å²) in [5.74, 6) is -0.537. The van der Waals surface area contributed by atoms with E-state index in [0.29, 0.717) is 6.42 Å². The Morgan fingerprint density at radius 3 is 2.58 bits per heavy atom. The lowest BCUT2D eigenvalue weighted by Crippen LogP contribution is -2.61. The molecule has 7 heteroatoms. The minimum Gasteiger partial charge on any atom is -0.460 e. The number of nitrogens with zero attached hydrogens (tertiary/aromatic N) is 4. The molecule has 160 valence electrons. The molecule has 0 saturated heterocycles. The molecule has 0 bridgehead atoms. The van der Waals surface area contributed by atoms with Crippen LogP contribution in [0.1, 0.15) is 31.7 Å². The smallest absolute Gasteiger partial charge is 0.376 e. The Hall–Kier alpha value is -3.35. The van der Waals surface area contributed by atoms with Crippen molar-refractivity contribution in [2.75, 3.05) is 28.5 Å². The number of carbonyl (C=O) groups is 2. The van der Waals surface area contributed by atoms with Gasteiger partial charge in [0, 0.05) is 7.05 Å². The highest BCUT2D eigenvalue weighted by molar-refractivity contribution is 6.43. The fraction of sp³-hybridized carbons (Fsp3) is 0.375. The van der Waals surface area contributed by atoms with Gasteiger partial charge in [-0.15, -0.1) is 5.10 Å². The lowest BCUT2D eigenvalue weighted by atomic mass is 9.92. The molecule has 2 heterocycles. The predicted octanol–water partition coefficient (Wildman–Crippen LogP) is 3.67. The molecule has 1 saturated carbocycles. The van der Waals surface area contributed by atoms with Gasteiger partial charge < -0.3 is 9.64 Å². The van der Waals surface area contributed by atoms with Crippen molar-refractivity contribution in [1.29, 1.82) is 0 Å². The highest BCUT2D eigenvalue weighted by atomic mass is 16.5. The minimum atomic E-state index is -0.782. The Morgan fingerprint density at radius 1 is 1.16 bits per heavy atom. The van der Waals surface area contributed by atoms with Gasteiger partial charge in [0.25, 0.3) is 0 Å². The quantitative estimate of drug-likeness (QED) is 0.712. The van der Waals surface area contributed by atoms with Gasteiger partial charge in [-0.05, 0) is 57.4 Å². The molecule has 0 radical (unpaired) electrons. The Kier molecular flexibility index (Phi) is 4.50. The average molecular weight is 418 g/mol. The number of amides is 1. The van der Waals surface area contributed by atoms with Crippen molar-refractivity contribution in [3.05, 3.63) is 54.1 Å². The molecule has 31 heavy (non-hydrogen) atoms. The summed E-state index contributed by atoms with van der Waals surface area (Å²) in [5, 5.41) is 6.71. The number of hydrogen-bond donors (Lipinski definition) is 0. The molecule has 2 aliphatic heterocycles. The van der Waals surface area contributed by atoms with Crippen LogP contribution >= 0.6 is 0 Å². The molecule has 1 amide bonds. The number of esters is 1. The van der Waals surface area contributed by atoms with E-state index in [1.807, 2.05) is 72.4 Å². The van der Waals surface area contributed by atoms with Gasteiger partial charge in [0.15, 0.2) is 5.66 Å². The van der Waals surface area contributed by atoms with Gasteiger partial charge in [-0.3, -0.25) is 9.69 Å². The monoisotopic (exact) mass is 418 g/mol. The third-order valence-corrected chi connectivity index (χ3v) is 6.61. The Labute approximate surface area is 181 Å². The van der Waals surface area contributed by atoms with Crippen LogP contribution in [0.15, 0.2) is 53.6 Å². The number of anilines is 3. The van der Waals surface area contributed by atoms with Crippen LogP contribution in [0.4, 0.5) is 17.1 Å². The van der Waals surface area contributed by atoms with Gasteiger partial charge in [-0.2, -0.15) is 0 Å². The zero-order chi connectivity index (χ0) is 21.8. The van der Waals surface area contributed by atoms with Crippen LogP contribution in [0.5, 0.6) is 0 Å². The van der Waals surface area contributed by atoms with Crippen molar-refractivity contribution in [1.82, 2.24) is 0 Å². The number of hydrogen-bond acceptors (Lipinski definition) is 6. The number of carbonyl (C=O) groups excluding carboxylic acids is 2. The number of aryl methyl sites for hydroxylation is 1. The van der Waals surface area contributed by atoms with E-state index in [0.717, 1.165) is 35.5 Å². The zero-order valence-corrected chi connectivity index (χ0v) is 18.0. The lowest BCUT2D eigenvalue weighted by molar-refractivity contribution is -0.135. The maximum atomic E-state index is 13.7. The number of amidine groups is 1. The van der Waals surface area contributed by atoms with Crippen molar-refractivity contribution in [2.45, 2.75) is 38.8 Å². The fourth-order valence-electron chi connectivity index (χ4n) is 5.23. The number of fused-ring (bicyclic) bond motifs is 2. The standard InChI is InChI=1S/C24H26N4O3/c1-4-31-23(30)21-25-28(17-13-11-16(2)12-14-17)24-15-7-8-18(24)22(29)26(3)19-9-5-6-10-20(19)27(21)24/h5-6,9-14,18H,4,7-8,15H2,1-3H3/t18-,24+/m0/s1. The average Bonchev–Trinajstić information content (AvgIpc) is 3.34. The molecule has 2 atom stereocenters. The molecule has 0 N–H and O–H groups in total. The number of hydrazone groups is 1. The molecule has 2 aromatic carbocycles. The van der Waals surface area contributed by atoms with E-state index >= 15 is 0 Å². The summed E-state index contributed by atoms with van der Waals surface area (Å²) in [6.45, 7) is 4.07. The maximum absolute atomic E-state index is 13.7.